The van der Waals surface area contributed by atoms with Crippen molar-refractivity contribution in [1.29, 1.82) is 0 Å². The van der Waals surface area contributed by atoms with E-state index >= 15 is 0 Å². The van der Waals surface area contributed by atoms with Crippen LogP contribution in [0.3, 0.4) is 0 Å². The number of nitrogens with one attached hydrogen (secondary N) is 2. The van der Waals surface area contributed by atoms with Crippen molar-refractivity contribution in [3.8, 4) is 0 Å². The first-order valence-corrected chi connectivity index (χ1v) is 8.83. The molecule has 1 fully saturated rings. The van der Waals surface area contributed by atoms with Gasteiger partial charge in [0.2, 0.25) is 5.91 Å². The molecule has 7 nitrogen and oxygen atoms in total. The molecule has 0 spiro atoms. The van der Waals surface area contributed by atoms with Crippen molar-refractivity contribution in [3.63, 3.8) is 0 Å². The smallest absolute Gasteiger partial charge is 0.243 e. The van der Waals surface area contributed by atoms with Gasteiger partial charge in [0.1, 0.15) is 6.54 Å². The fraction of sp³-hybridized carbons (Fsp3) is 0.882. The zero-order valence-electron chi connectivity index (χ0n) is 16.0. The molecule has 1 saturated heterocycles. The SMILES string of the molecule is COCCNC(=NCC(=O)N(C)C)NCC(C)(C)N1CCCCC1. The maximum Gasteiger partial charge on any atom is 0.243 e. The number of rotatable bonds is 8. The van der Waals surface area contributed by atoms with E-state index in [1.165, 1.54) is 19.3 Å². The summed E-state index contributed by atoms with van der Waals surface area (Å²) in [6.45, 7) is 8.97. The second-order valence-corrected chi connectivity index (χ2v) is 7.09. The maximum absolute atomic E-state index is 11.8. The van der Waals surface area contributed by atoms with Gasteiger partial charge in [0, 0.05) is 39.8 Å². The van der Waals surface area contributed by atoms with Crippen LogP contribution in [0, 0.1) is 0 Å². The van der Waals surface area contributed by atoms with Crippen LogP contribution >= 0.6 is 0 Å². The van der Waals surface area contributed by atoms with Crippen LogP contribution in [0.1, 0.15) is 33.1 Å². The van der Waals surface area contributed by atoms with E-state index in [4.69, 9.17) is 4.74 Å². The monoisotopic (exact) mass is 341 g/mol. The predicted molar refractivity (Wildman–Crippen MR) is 98.4 cm³/mol. The Bertz CT molecular complexity index is 404. The normalized spacial score (nSPS) is 16.8. The highest BCUT2D eigenvalue weighted by Crippen LogP contribution is 2.19. The van der Waals surface area contributed by atoms with Crippen molar-refractivity contribution in [2.24, 2.45) is 4.99 Å². The Hall–Kier alpha value is -1.34. The highest BCUT2D eigenvalue weighted by molar-refractivity contribution is 5.84. The molecule has 2 N–H and O–H groups in total. The Morgan fingerprint density at radius 2 is 1.88 bits per heavy atom. The fourth-order valence-corrected chi connectivity index (χ4v) is 2.64. The lowest BCUT2D eigenvalue weighted by molar-refractivity contribution is -0.127. The van der Waals surface area contributed by atoms with E-state index in [2.05, 4.69) is 34.4 Å². The highest BCUT2D eigenvalue weighted by atomic mass is 16.5. The van der Waals surface area contributed by atoms with Crippen LogP contribution in [-0.2, 0) is 9.53 Å². The van der Waals surface area contributed by atoms with Crippen LogP contribution in [0.2, 0.25) is 0 Å². The number of carbonyl (C=O) groups excluding carboxylic acids is 1. The van der Waals surface area contributed by atoms with Gasteiger partial charge in [-0.1, -0.05) is 6.42 Å². The molecule has 1 rings (SSSR count). The lowest BCUT2D eigenvalue weighted by Crippen LogP contribution is -2.55. The van der Waals surface area contributed by atoms with Gasteiger partial charge in [0.05, 0.1) is 6.61 Å². The summed E-state index contributed by atoms with van der Waals surface area (Å²) in [7, 11) is 5.15. The Morgan fingerprint density at radius 1 is 1.21 bits per heavy atom. The lowest BCUT2D eigenvalue weighted by atomic mass is 9.98. The Balaban J connectivity index is 2.58. The van der Waals surface area contributed by atoms with Crippen LogP contribution in [0.5, 0.6) is 0 Å². The van der Waals surface area contributed by atoms with Gasteiger partial charge in [-0.25, -0.2) is 4.99 Å². The standard InChI is InChI=1S/C17H35N5O2/c1-17(2,22-10-7-6-8-11-22)14-20-16(18-9-12-24-5)19-13-15(23)21(3)4/h6-14H2,1-5H3,(H2,18,19,20). The van der Waals surface area contributed by atoms with Gasteiger partial charge in [-0.05, 0) is 39.8 Å². The van der Waals surface area contributed by atoms with Crippen molar-refractivity contribution in [2.75, 3.05) is 60.5 Å². The van der Waals surface area contributed by atoms with Gasteiger partial charge in [-0.15, -0.1) is 0 Å². The van der Waals surface area contributed by atoms with Gasteiger partial charge >= 0.3 is 0 Å². The number of piperidine rings is 1. The van der Waals surface area contributed by atoms with Gasteiger partial charge in [-0.3, -0.25) is 9.69 Å². The first-order chi connectivity index (χ1) is 11.4. The predicted octanol–water partition coefficient (Wildman–Crippen LogP) is 0.521. The molecular weight excluding hydrogens is 306 g/mol. The molecule has 0 aromatic heterocycles. The molecule has 1 aliphatic heterocycles. The van der Waals surface area contributed by atoms with E-state index in [-0.39, 0.29) is 18.0 Å². The summed E-state index contributed by atoms with van der Waals surface area (Å²) < 4.78 is 5.07. The van der Waals surface area contributed by atoms with Crippen molar-refractivity contribution in [2.45, 2.75) is 38.6 Å². The number of hydrogen-bond donors (Lipinski definition) is 2. The molecule has 1 aliphatic rings. The summed E-state index contributed by atoms with van der Waals surface area (Å²) in [5, 5.41) is 6.60. The zero-order chi connectivity index (χ0) is 18.0. The second kappa shape index (κ2) is 10.5. The summed E-state index contributed by atoms with van der Waals surface area (Å²) in [5.41, 5.74) is 0.0513. The van der Waals surface area contributed by atoms with Gasteiger partial charge in [0.25, 0.3) is 0 Å². The number of amides is 1. The minimum atomic E-state index is -0.0156. The average Bonchev–Trinajstić information content (AvgIpc) is 2.57. The van der Waals surface area contributed by atoms with E-state index in [1.807, 2.05) is 0 Å². The molecule has 0 saturated carbocycles. The van der Waals surface area contributed by atoms with Gasteiger partial charge in [-0.2, -0.15) is 0 Å². The third-order valence-electron chi connectivity index (χ3n) is 4.37. The molecule has 140 valence electrons. The number of carbonyl (C=O) groups is 1. The first kappa shape index (κ1) is 20.7. The van der Waals surface area contributed by atoms with Crippen LogP contribution in [0.15, 0.2) is 4.99 Å². The van der Waals surface area contributed by atoms with E-state index in [0.717, 1.165) is 19.6 Å². The van der Waals surface area contributed by atoms with Gasteiger partial charge < -0.3 is 20.3 Å². The quantitative estimate of drug-likeness (QED) is 0.383. The van der Waals surface area contributed by atoms with Crippen molar-refractivity contribution in [3.05, 3.63) is 0 Å². The van der Waals surface area contributed by atoms with Crippen molar-refractivity contribution < 1.29 is 9.53 Å². The van der Waals surface area contributed by atoms with E-state index in [1.54, 1.807) is 26.1 Å². The van der Waals surface area contributed by atoms with Crippen LogP contribution < -0.4 is 10.6 Å². The molecule has 0 aromatic carbocycles. The number of methoxy groups -OCH3 is 1. The van der Waals surface area contributed by atoms with Crippen LogP contribution in [-0.4, -0.2) is 87.7 Å². The molecule has 0 radical (unpaired) electrons. The average molecular weight is 342 g/mol. The van der Waals surface area contributed by atoms with E-state index in [0.29, 0.717) is 19.1 Å². The molecule has 0 atom stereocenters. The third kappa shape index (κ3) is 7.49. The lowest BCUT2D eigenvalue weighted by Gasteiger charge is -2.41. The molecule has 1 amide bonds. The number of hydrogen-bond acceptors (Lipinski definition) is 4. The number of likely N-dealkylation sites (N-methyl/N-ethyl adjacent to an activating group) is 1. The molecule has 24 heavy (non-hydrogen) atoms. The number of guanidine groups is 1. The van der Waals surface area contributed by atoms with Gasteiger partial charge in [0.15, 0.2) is 5.96 Å². The molecule has 0 bridgehead atoms. The fourth-order valence-electron chi connectivity index (χ4n) is 2.64. The van der Waals surface area contributed by atoms with E-state index in [9.17, 15) is 4.79 Å². The molecule has 0 aliphatic carbocycles. The van der Waals surface area contributed by atoms with Crippen LogP contribution in [0.25, 0.3) is 0 Å². The molecular formula is C17H35N5O2. The highest BCUT2D eigenvalue weighted by Gasteiger charge is 2.27. The summed E-state index contributed by atoms with van der Waals surface area (Å²) in [5.74, 6) is 0.644. The summed E-state index contributed by atoms with van der Waals surface area (Å²) >= 11 is 0. The minimum Gasteiger partial charge on any atom is -0.383 e. The van der Waals surface area contributed by atoms with Crippen molar-refractivity contribution >= 4 is 11.9 Å². The largest absolute Gasteiger partial charge is 0.383 e. The second-order valence-electron chi connectivity index (χ2n) is 7.09. The summed E-state index contributed by atoms with van der Waals surface area (Å²) in [4.78, 5) is 20.2. The zero-order valence-corrected chi connectivity index (χ0v) is 16.0. The molecule has 0 aromatic rings. The molecule has 1 heterocycles. The molecule has 7 heteroatoms. The third-order valence-corrected chi connectivity index (χ3v) is 4.37. The minimum absolute atomic E-state index is 0.0156. The van der Waals surface area contributed by atoms with Crippen LogP contribution in [0.4, 0.5) is 0 Å². The maximum atomic E-state index is 11.8. The molecule has 0 unspecified atom stereocenters. The summed E-state index contributed by atoms with van der Waals surface area (Å²) in [6.07, 6.45) is 3.87. The number of aliphatic imine (C=N–C) groups is 1. The Morgan fingerprint density at radius 3 is 2.46 bits per heavy atom. The topological polar surface area (TPSA) is 69.2 Å². The number of nitrogens with zero attached hydrogens (tertiary/aromatic N) is 3. The number of likely N-dealkylation sites (tertiary alicyclic amines) is 1. The van der Waals surface area contributed by atoms with E-state index < -0.39 is 0 Å². The first-order valence-electron chi connectivity index (χ1n) is 8.83. The summed E-state index contributed by atoms with van der Waals surface area (Å²) in [6, 6.07) is 0. The van der Waals surface area contributed by atoms with Crippen molar-refractivity contribution in [1.82, 2.24) is 20.4 Å². The Labute approximate surface area is 146 Å². The number of ether oxygens (including phenoxy) is 1. The Kier molecular flexibility index (Phi) is 9.07.